The standard InChI is InChI=1S/C25H38N/c1-3-4-5-6-7-8-9-10-11-12-15-21-20(2)18-19-23-22-16-13-14-17-24(22)26-25(21)23/h13-14,16-17,20-21H,3-12,15,18-19H2,1-2H3. The molecule has 1 heteroatoms. The van der Waals surface area contributed by atoms with Crippen molar-refractivity contribution in [3.8, 4) is 0 Å². The molecule has 1 aromatic rings. The van der Waals surface area contributed by atoms with Gasteiger partial charge in [0.15, 0.2) is 0 Å². The van der Waals surface area contributed by atoms with E-state index in [1.54, 1.807) is 5.57 Å². The van der Waals surface area contributed by atoms with Crippen LogP contribution in [0.4, 0.5) is 5.69 Å². The lowest BCUT2D eigenvalue weighted by atomic mass is 9.76. The molecule has 1 radical (unpaired) electrons. The second-order valence-electron chi connectivity index (χ2n) is 8.59. The van der Waals surface area contributed by atoms with E-state index >= 15 is 0 Å². The number of unbranched alkanes of at least 4 members (excludes halogenated alkanes) is 9. The van der Waals surface area contributed by atoms with Crippen LogP contribution in [-0.2, 0) is 0 Å². The van der Waals surface area contributed by atoms with E-state index in [2.05, 4.69) is 38.1 Å². The molecule has 1 aromatic carbocycles. The van der Waals surface area contributed by atoms with Crippen LogP contribution in [0, 0.1) is 11.8 Å². The van der Waals surface area contributed by atoms with E-state index in [-0.39, 0.29) is 0 Å². The molecule has 0 fully saturated rings. The minimum absolute atomic E-state index is 0.695. The molecule has 0 spiro atoms. The van der Waals surface area contributed by atoms with Gasteiger partial charge in [-0.3, -0.25) is 5.32 Å². The molecule has 2 aliphatic rings. The van der Waals surface area contributed by atoms with Crippen molar-refractivity contribution < 1.29 is 0 Å². The lowest BCUT2D eigenvalue weighted by Gasteiger charge is -2.30. The number of hydrogen-bond acceptors (Lipinski definition) is 0. The number of nitrogens with zero attached hydrogens (tertiary/aromatic N) is 1. The fourth-order valence-electron chi connectivity index (χ4n) is 4.85. The van der Waals surface area contributed by atoms with Crippen molar-refractivity contribution in [3.05, 3.63) is 35.5 Å². The third kappa shape index (κ3) is 4.93. The monoisotopic (exact) mass is 352 g/mol. The summed E-state index contributed by atoms with van der Waals surface area (Å²) in [7, 11) is 0. The predicted octanol–water partition coefficient (Wildman–Crippen LogP) is 8.00. The van der Waals surface area contributed by atoms with Gasteiger partial charge in [-0.05, 0) is 36.8 Å². The highest BCUT2D eigenvalue weighted by molar-refractivity contribution is 5.82. The molecule has 1 heterocycles. The number of benzene rings is 1. The maximum absolute atomic E-state index is 5.05. The van der Waals surface area contributed by atoms with E-state index in [0.717, 1.165) is 5.92 Å². The zero-order valence-corrected chi connectivity index (χ0v) is 17.1. The van der Waals surface area contributed by atoms with Gasteiger partial charge in [0.25, 0.3) is 0 Å². The average molecular weight is 353 g/mol. The van der Waals surface area contributed by atoms with Gasteiger partial charge in [-0.25, -0.2) is 0 Å². The van der Waals surface area contributed by atoms with Crippen molar-refractivity contribution in [3.63, 3.8) is 0 Å². The molecule has 0 saturated carbocycles. The Kier molecular flexibility index (Phi) is 7.65. The molecular weight excluding hydrogens is 314 g/mol. The Morgan fingerprint density at radius 2 is 1.54 bits per heavy atom. The smallest absolute Gasteiger partial charge is 0.0708 e. The first-order valence-electron chi connectivity index (χ1n) is 11.4. The van der Waals surface area contributed by atoms with Gasteiger partial charge in [-0.1, -0.05) is 96.3 Å². The summed E-state index contributed by atoms with van der Waals surface area (Å²) < 4.78 is 0. The molecule has 2 atom stereocenters. The summed E-state index contributed by atoms with van der Waals surface area (Å²) in [5.41, 5.74) is 5.65. The minimum atomic E-state index is 0.695. The first-order chi connectivity index (χ1) is 12.8. The van der Waals surface area contributed by atoms with Crippen molar-refractivity contribution in [1.82, 2.24) is 5.32 Å². The van der Waals surface area contributed by atoms with Gasteiger partial charge in [0.05, 0.1) is 5.69 Å². The molecule has 0 amide bonds. The maximum atomic E-state index is 5.05. The van der Waals surface area contributed by atoms with E-state index in [1.165, 1.54) is 100 Å². The number of fused-ring (bicyclic) bond motifs is 2. The van der Waals surface area contributed by atoms with Gasteiger partial charge in [-0.15, -0.1) is 0 Å². The van der Waals surface area contributed by atoms with Crippen LogP contribution in [0.15, 0.2) is 30.0 Å². The lowest BCUT2D eigenvalue weighted by molar-refractivity contribution is 0.333. The van der Waals surface area contributed by atoms with Gasteiger partial charge >= 0.3 is 0 Å². The zero-order chi connectivity index (χ0) is 18.2. The summed E-state index contributed by atoms with van der Waals surface area (Å²) in [4.78, 5) is 0. The molecule has 0 N–H and O–H groups in total. The Labute approximate surface area is 161 Å². The third-order valence-electron chi connectivity index (χ3n) is 6.54. The molecule has 1 aliphatic heterocycles. The fraction of sp³-hybridized carbons (Fsp3) is 0.680. The van der Waals surface area contributed by atoms with Gasteiger partial charge in [0, 0.05) is 17.2 Å². The fourth-order valence-corrected chi connectivity index (χ4v) is 4.85. The average Bonchev–Trinajstić information content (AvgIpc) is 3.03. The van der Waals surface area contributed by atoms with Crippen LogP contribution in [0.5, 0.6) is 0 Å². The highest BCUT2D eigenvalue weighted by Gasteiger charge is 2.34. The van der Waals surface area contributed by atoms with E-state index in [4.69, 9.17) is 5.32 Å². The van der Waals surface area contributed by atoms with E-state index < -0.39 is 0 Å². The molecule has 0 aromatic heterocycles. The van der Waals surface area contributed by atoms with E-state index in [1.807, 2.05) is 0 Å². The highest BCUT2D eigenvalue weighted by Crippen LogP contribution is 2.47. The molecule has 3 rings (SSSR count). The molecule has 0 saturated heterocycles. The van der Waals surface area contributed by atoms with Crippen molar-refractivity contribution in [2.75, 3.05) is 0 Å². The van der Waals surface area contributed by atoms with E-state index in [9.17, 15) is 0 Å². The van der Waals surface area contributed by atoms with Gasteiger partial charge < -0.3 is 0 Å². The predicted molar refractivity (Wildman–Crippen MR) is 114 cm³/mol. The number of hydrogen-bond donors (Lipinski definition) is 0. The second kappa shape index (κ2) is 10.2. The molecular formula is C25H38N. The molecule has 2 unspecified atom stereocenters. The van der Waals surface area contributed by atoms with Crippen LogP contribution < -0.4 is 5.32 Å². The van der Waals surface area contributed by atoms with Crippen LogP contribution in [-0.4, -0.2) is 0 Å². The topological polar surface area (TPSA) is 14.1 Å². The number of allylic oxidation sites excluding steroid dienone is 2. The van der Waals surface area contributed by atoms with Crippen LogP contribution >= 0.6 is 0 Å². The van der Waals surface area contributed by atoms with Crippen LogP contribution in [0.3, 0.4) is 0 Å². The third-order valence-corrected chi connectivity index (χ3v) is 6.54. The van der Waals surface area contributed by atoms with E-state index in [0.29, 0.717) is 5.92 Å². The summed E-state index contributed by atoms with van der Waals surface area (Å²) in [6.45, 7) is 4.74. The van der Waals surface area contributed by atoms with Gasteiger partial charge in [-0.2, -0.15) is 0 Å². The van der Waals surface area contributed by atoms with Crippen molar-refractivity contribution in [2.45, 2.75) is 97.3 Å². The summed E-state index contributed by atoms with van der Waals surface area (Å²) in [5, 5.41) is 5.05. The van der Waals surface area contributed by atoms with Gasteiger partial charge in [0.2, 0.25) is 0 Å². The van der Waals surface area contributed by atoms with Crippen LogP contribution in [0.2, 0.25) is 0 Å². The summed E-state index contributed by atoms with van der Waals surface area (Å²) in [5.74, 6) is 1.49. The molecule has 143 valence electrons. The zero-order valence-electron chi connectivity index (χ0n) is 17.1. The number of rotatable bonds is 11. The Morgan fingerprint density at radius 1 is 0.885 bits per heavy atom. The molecule has 26 heavy (non-hydrogen) atoms. The Hall–Kier alpha value is -1.24. The Bertz CT molecular complexity index is 586. The summed E-state index contributed by atoms with van der Waals surface area (Å²) in [6, 6.07) is 8.76. The van der Waals surface area contributed by atoms with Crippen molar-refractivity contribution >= 4 is 11.3 Å². The van der Waals surface area contributed by atoms with Crippen LogP contribution in [0.1, 0.15) is 103 Å². The van der Waals surface area contributed by atoms with Crippen molar-refractivity contribution in [2.24, 2.45) is 11.8 Å². The number of para-hydroxylation sites is 1. The quantitative estimate of drug-likeness (QED) is 0.358. The Morgan fingerprint density at radius 3 is 2.27 bits per heavy atom. The maximum Gasteiger partial charge on any atom is 0.0708 e. The second-order valence-corrected chi connectivity index (χ2v) is 8.59. The molecule has 1 nitrogen and oxygen atoms in total. The highest BCUT2D eigenvalue weighted by atomic mass is 14.9. The SMILES string of the molecule is CCCCCCCCCCCCC1C2=C(CCC1C)c1ccccc1[N]2. The van der Waals surface area contributed by atoms with Crippen molar-refractivity contribution in [1.29, 1.82) is 0 Å². The molecule has 1 aliphatic carbocycles. The normalized spacial score (nSPS) is 21.5. The first kappa shape index (κ1) is 19.5. The molecule has 0 bridgehead atoms. The first-order valence-corrected chi connectivity index (χ1v) is 11.4. The van der Waals surface area contributed by atoms with Gasteiger partial charge in [0.1, 0.15) is 0 Å². The minimum Gasteiger partial charge on any atom is -0.252 e. The Balaban J connectivity index is 1.38. The van der Waals surface area contributed by atoms with Crippen LogP contribution in [0.25, 0.3) is 5.57 Å². The summed E-state index contributed by atoms with van der Waals surface area (Å²) in [6.07, 6.45) is 18.1. The lowest BCUT2D eigenvalue weighted by Crippen LogP contribution is -2.21. The largest absolute Gasteiger partial charge is 0.252 e. The summed E-state index contributed by atoms with van der Waals surface area (Å²) >= 11 is 0.